The molecule has 0 saturated heterocycles. The molecule has 3 N–H and O–H groups in total. The number of halogens is 5. The molecule has 1 rings (SSSR count). The minimum atomic E-state index is -5.25. The Kier molecular flexibility index (Phi) is 3.92. The lowest BCUT2D eigenvalue weighted by Crippen LogP contribution is -2.37. The van der Waals surface area contributed by atoms with Crippen molar-refractivity contribution in [2.24, 2.45) is 0 Å². The van der Waals surface area contributed by atoms with Crippen LogP contribution in [0.15, 0.2) is 12.1 Å². The van der Waals surface area contributed by atoms with Crippen LogP contribution in [-0.2, 0) is 4.79 Å². The molecule has 0 spiro atoms. The summed E-state index contributed by atoms with van der Waals surface area (Å²) >= 11 is 0. The van der Waals surface area contributed by atoms with Crippen molar-refractivity contribution in [3.05, 3.63) is 23.8 Å². The SMILES string of the molecule is O=C(Nc1ccc(F)c(B(O)O)c1F)C(F)(F)F. The molecule has 1 aromatic carbocycles. The summed E-state index contributed by atoms with van der Waals surface area (Å²) in [6, 6.07) is 1.02. The summed E-state index contributed by atoms with van der Waals surface area (Å²) < 4.78 is 62.0. The largest absolute Gasteiger partial charge is 0.494 e. The van der Waals surface area contributed by atoms with Gasteiger partial charge < -0.3 is 15.4 Å². The predicted octanol–water partition coefficient (Wildman–Crippen LogP) is 0.145. The molecule has 4 nitrogen and oxygen atoms in total. The number of hydrogen-bond donors (Lipinski definition) is 3. The maximum Gasteiger partial charge on any atom is 0.494 e. The molecule has 0 fully saturated rings. The van der Waals surface area contributed by atoms with E-state index in [9.17, 15) is 26.7 Å². The van der Waals surface area contributed by atoms with Gasteiger partial charge in [-0.25, -0.2) is 8.78 Å². The summed E-state index contributed by atoms with van der Waals surface area (Å²) in [6.45, 7) is 0. The van der Waals surface area contributed by atoms with Gasteiger partial charge in [0.2, 0.25) is 0 Å². The van der Waals surface area contributed by atoms with Crippen LogP contribution >= 0.6 is 0 Å². The van der Waals surface area contributed by atoms with Crippen molar-refractivity contribution in [3.63, 3.8) is 0 Å². The second kappa shape index (κ2) is 4.90. The van der Waals surface area contributed by atoms with Crippen molar-refractivity contribution in [2.45, 2.75) is 6.18 Å². The Bertz CT molecular complexity index is 477. The molecule has 0 aliphatic heterocycles. The number of hydrogen-bond acceptors (Lipinski definition) is 3. The van der Waals surface area contributed by atoms with E-state index < -0.39 is 42.0 Å². The maximum atomic E-state index is 13.4. The first-order valence-electron chi connectivity index (χ1n) is 4.36. The van der Waals surface area contributed by atoms with E-state index in [1.807, 2.05) is 0 Å². The van der Waals surface area contributed by atoms with Gasteiger partial charge in [-0.1, -0.05) is 0 Å². The number of anilines is 1. The molecule has 1 aromatic rings. The molecule has 10 heteroatoms. The Morgan fingerprint density at radius 3 is 2.22 bits per heavy atom. The lowest BCUT2D eigenvalue weighted by molar-refractivity contribution is -0.167. The third-order valence-corrected chi connectivity index (χ3v) is 1.89. The van der Waals surface area contributed by atoms with Crippen molar-refractivity contribution in [1.29, 1.82) is 0 Å². The second-order valence-electron chi connectivity index (χ2n) is 3.15. The van der Waals surface area contributed by atoms with Crippen molar-refractivity contribution >= 4 is 24.2 Å². The Labute approximate surface area is 97.2 Å². The summed E-state index contributed by atoms with van der Waals surface area (Å²) in [5, 5.41) is 18.4. The van der Waals surface area contributed by atoms with Crippen LogP contribution in [0.4, 0.5) is 27.6 Å². The lowest BCUT2D eigenvalue weighted by atomic mass is 9.79. The monoisotopic (exact) mass is 269 g/mol. The van der Waals surface area contributed by atoms with Crippen LogP contribution in [0, 0.1) is 11.6 Å². The Hall–Kier alpha value is -1.68. The van der Waals surface area contributed by atoms with Crippen LogP contribution < -0.4 is 10.8 Å². The highest BCUT2D eigenvalue weighted by Gasteiger charge is 2.39. The third kappa shape index (κ3) is 2.96. The summed E-state index contributed by atoms with van der Waals surface area (Å²) in [5.74, 6) is -5.53. The Balaban J connectivity index is 3.13. The molecule has 0 saturated carbocycles. The van der Waals surface area contributed by atoms with Crippen molar-refractivity contribution < 1.29 is 36.8 Å². The first-order chi connectivity index (χ1) is 8.14. The standard InChI is InChI=1S/C8H5BF5NO3/c10-3-1-2-4(6(11)5(3)9(17)18)15-7(16)8(12,13)14/h1-2,17-18H,(H,15,16). The van der Waals surface area contributed by atoms with Gasteiger partial charge in [0.1, 0.15) is 11.6 Å². The van der Waals surface area contributed by atoms with Crippen LogP contribution in [0.25, 0.3) is 0 Å². The number of rotatable bonds is 2. The molecule has 0 unspecified atom stereocenters. The van der Waals surface area contributed by atoms with E-state index in [0.717, 1.165) is 5.32 Å². The van der Waals surface area contributed by atoms with E-state index >= 15 is 0 Å². The molecular weight excluding hydrogens is 264 g/mol. The highest BCUT2D eigenvalue weighted by atomic mass is 19.4. The van der Waals surface area contributed by atoms with Crippen molar-refractivity contribution in [3.8, 4) is 0 Å². The number of amides is 1. The topological polar surface area (TPSA) is 69.6 Å². The number of benzene rings is 1. The first-order valence-corrected chi connectivity index (χ1v) is 4.36. The average molecular weight is 269 g/mol. The van der Waals surface area contributed by atoms with Gasteiger partial charge in [0.15, 0.2) is 0 Å². The van der Waals surface area contributed by atoms with E-state index in [4.69, 9.17) is 10.0 Å². The van der Waals surface area contributed by atoms with Gasteiger partial charge in [0.25, 0.3) is 0 Å². The molecule has 0 aliphatic carbocycles. The minimum absolute atomic E-state index is 0.490. The molecule has 0 atom stereocenters. The van der Waals surface area contributed by atoms with E-state index in [2.05, 4.69) is 0 Å². The number of carbonyl (C=O) groups excluding carboxylic acids is 1. The lowest BCUT2D eigenvalue weighted by Gasteiger charge is -2.11. The van der Waals surface area contributed by atoms with Crippen LogP contribution in [0.2, 0.25) is 0 Å². The zero-order chi connectivity index (χ0) is 14.1. The van der Waals surface area contributed by atoms with Gasteiger partial charge in [-0.15, -0.1) is 0 Å². The first kappa shape index (κ1) is 14.4. The van der Waals surface area contributed by atoms with E-state index in [-0.39, 0.29) is 0 Å². The molecule has 0 bridgehead atoms. The smallest absolute Gasteiger partial charge is 0.423 e. The summed E-state index contributed by atoms with van der Waals surface area (Å²) in [6.07, 6.45) is -5.25. The van der Waals surface area contributed by atoms with Gasteiger partial charge >= 0.3 is 19.2 Å². The number of alkyl halides is 3. The van der Waals surface area contributed by atoms with Crippen LogP contribution in [0.5, 0.6) is 0 Å². The molecular formula is C8H5BF5NO3. The van der Waals surface area contributed by atoms with Gasteiger partial charge in [-0.2, -0.15) is 13.2 Å². The van der Waals surface area contributed by atoms with Gasteiger partial charge in [0, 0.05) is 0 Å². The highest BCUT2D eigenvalue weighted by molar-refractivity contribution is 6.59. The predicted molar refractivity (Wildman–Crippen MR) is 50.9 cm³/mol. The average Bonchev–Trinajstić information content (AvgIpc) is 2.20. The van der Waals surface area contributed by atoms with E-state index in [1.165, 1.54) is 0 Å². The molecule has 18 heavy (non-hydrogen) atoms. The van der Waals surface area contributed by atoms with E-state index in [0.29, 0.717) is 12.1 Å². The summed E-state index contributed by atoms with van der Waals surface area (Å²) in [5.41, 5.74) is -2.27. The maximum absolute atomic E-state index is 13.4. The van der Waals surface area contributed by atoms with Crippen molar-refractivity contribution in [2.75, 3.05) is 5.32 Å². The van der Waals surface area contributed by atoms with Gasteiger partial charge in [-0.3, -0.25) is 4.79 Å². The fraction of sp³-hybridized carbons (Fsp3) is 0.125. The minimum Gasteiger partial charge on any atom is -0.423 e. The fourth-order valence-corrected chi connectivity index (χ4v) is 1.10. The highest BCUT2D eigenvalue weighted by Crippen LogP contribution is 2.20. The second-order valence-corrected chi connectivity index (χ2v) is 3.15. The molecule has 98 valence electrons. The number of nitrogens with one attached hydrogen (secondary N) is 1. The van der Waals surface area contributed by atoms with Crippen LogP contribution in [0.1, 0.15) is 0 Å². The fourth-order valence-electron chi connectivity index (χ4n) is 1.10. The Morgan fingerprint density at radius 2 is 1.78 bits per heavy atom. The Morgan fingerprint density at radius 1 is 1.22 bits per heavy atom. The zero-order valence-electron chi connectivity index (χ0n) is 8.42. The van der Waals surface area contributed by atoms with Crippen molar-refractivity contribution in [1.82, 2.24) is 0 Å². The molecule has 0 radical (unpaired) electrons. The van der Waals surface area contributed by atoms with Gasteiger partial charge in [0.05, 0.1) is 11.2 Å². The molecule has 0 aliphatic rings. The van der Waals surface area contributed by atoms with Crippen LogP contribution in [-0.4, -0.2) is 29.2 Å². The van der Waals surface area contributed by atoms with Crippen LogP contribution in [0.3, 0.4) is 0 Å². The number of carbonyl (C=O) groups is 1. The third-order valence-electron chi connectivity index (χ3n) is 1.89. The summed E-state index contributed by atoms with van der Waals surface area (Å²) in [4.78, 5) is 10.5. The molecule has 0 heterocycles. The quantitative estimate of drug-likeness (QED) is 0.528. The molecule has 0 aromatic heterocycles. The van der Waals surface area contributed by atoms with E-state index in [1.54, 1.807) is 0 Å². The zero-order valence-corrected chi connectivity index (χ0v) is 8.42. The summed E-state index contributed by atoms with van der Waals surface area (Å²) in [7, 11) is -2.56. The molecule has 1 amide bonds. The normalized spacial score (nSPS) is 11.3. The van der Waals surface area contributed by atoms with Gasteiger partial charge in [-0.05, 0) is 12.1 Å².